The number of aryl methyl sites for hydroxylation is 1. The molecule has 0 bridgehead atoms. The first-order chi connectivity index (χ1) is 12.3. The molecular formula is C20H23N3O2. The normalized spacial score (nSPS) is 25.4. The van der Waals surface area contributed by atoms with E-state index in [9.17, 15) is 4.79 Å². The Morgan fingerprint density at radius 2 is 2.08 bits per heavy atom. The van der Waals surface area contributed by atoms with Gasteiger partial charge in [-0.05, 0) is 55.6 Å². The van der Waals surface area contributed by atoms with E-state index in [1.165, 1.54) is 11.1 Å². The highest BCUT2D eigenvalue weighted by Gasteiger charge is 2.37. The summed E-state index contributed by atoms with van der Waals surface area (Å²) in [5, 5.41) is 4.18. The van der Waals surface area contributed by atoms with E-state index < -0.39 is 0 Å². The van der Waals surface area contributed by atoms with Crippen molar-refractivity contribution in [2.75, 3.05) is 6.54 Å². The number of benzene rings is 1. The van der Waals surface area contributed by atoms with Gasteiger partial charge in [0.15, 0.2) is 5.82 Å². The van der Waals surface area contributed by atoms with E-state index in [2.05, 4.69) is 34.4 Å². The molecule has 2 fully saturated rings. The number of fused-ring (bicyclic) bond motifs is 1. The molecule has 3 aliphatic rings. The molecule has 2 atom stereocenters. The van der Waals surface area contributed by atoms with Gasteiger partial charge in [-0.1, -0.05) is 29.4 Å². The minimum absolute atomic E-state index is 0.000367. The van der Waals surface area contributed by atoms with Crippen LogP contribution in [0, 0.1) is 0 Å². The van der Waals surface area contributed by atoms with Gasteiger partial charge in [-0.15, -0.1) is 0 Å². The van der Waals surface area contributed by atoms with Crippen LogP contribution in [0.15, 0.2) is 28.8 Å². The Morgan fingerprint density at radius 1 is 1.20 bits per heavy atom. The summed E-state index contributed by atoms with van der Waals surface area (Å²) in [7, 11) is 0. The third-order valence-corrected chi connectivity index (χ3v) is 5.93. The third-order valence-electron chi connectivity index (χ3n) is 5.93. The Morgan fingerprint density at radius 3 is 2.96 bits per heavy atom. The highest BCUT2D eigenvalue weighted by molar-refractivity contribution is 5.78. The largest absolute Gasteiger partial charge is 0.339 e. The van der Waals surface area contributed by atoms with Crippen molar-refractivity contribution in [1.29, 1.82) is 0 Å². The van der Waals surface area contributed by atoms with E-state index in [1.807, 2.05) is 4.90 Å². The predicted molar refractivity (Wildman–Crippen MR) is 92.1 cm³/mol. The van der Waals surface area contributed by atoms with Gasteiger partial charge in [-0.25, -0.2) is 0 Å². The van der Waals surface area contributed by atoms with Crippen molar-refractivity contribution in [2.24, 2.45) is 0 Å². The average Bonchev–Trinajstić information content (AvgIpc) is 3.04. The molecule has 1 aromatic carbocycles. The first-order valence-corrected chi connectivity index (χ1v) is 9.50. The van der Waals surface area contributed by atoms with Crippen molar-refractivity contribution in [3.8, 4) is 0 Å². The second-order valence-electron chi connectivity index (χ2n) is 7.65. The maximum atomic E-state index is 13.0. The fraction of sp³-hybridized carbons (Fsp3) is 0.550. The number of nitrogens with zero attached hydrogens (tertiary/aromatic N) is 3. The van der Waals surface area contributed by atoms with Crippen LogP contribution in [0.4, 0.5) is 0 Å². The lowest BCUT2D eigenvalue weighted by Gasteiger charge is -2.24. The zero-order valence-corrected chi connectivity index (χ0v) is 14.4. The molecule has 1 saturated heterocycles. The Labute approximate surface area is 147 Å². The number of aromatic nitrogens is 2. The molecule has 0 unspecified atom stereocenters. The van der Waals surface area contributed by atoms with Crippen LogP contribution in [0.25, 0.3) is 0 Å². The fourth-order valence-corrected chi connectivity index (χ4v) is 4.40. The number of hydrogen-bond acceptors (Lipinski definition) is 4. The van der Waals surface area contributed by atoms with Crippen molar-refractivity contribution in [3.63, 3.8) is 0 Å². The van der Waals surface area contributed by atoms with E-state index in [0.717, 1.165) is 51.0 Å². The number of rotatable bonds is 4. The number of carbonyl (C=O) groups excluding carboxylic acids is 1. The summed E-state index contributed by atoms with van der Waals surface area (Å²) in [4.78, 5) is 19.6. The maximum Gasteiger partial charge on any atom is 0.229 e. The zero-order valence-electron chi connectivity index (χ0n) is 14.4. The highest BCUT2D eigenvalue weighted by Crippen LogP contribution is 2.41. The molecule has 2 aromatic rings. The van der Waals surface area contributed by atoms with Gasteiger partial charge < -0.3 is 9.42 Å². The van der Waals surface area contributed by atoms with Crippen LogP contribution in [-0.2, 0) is 11.2 Å². The van der Waals surface area contributed by atoms with Crippen LogP contribution in [0.3, 0.4) is 0 Å². The number of likely N-dealkylation sites (tertiary alicyclic amines) is 1. The molecule has 2 heterocycles. The second-order valence-corrected chi connectivity index (χ2v) is 7.65. The Hall–Kier alpha value is -2.17. The van der Waals surface area contributed by atoms with E-state index in [0.29, 0.717) is 24.1 Å². The van der Waals surface area contributed by atoms with Gasteiger partial charge in [0.1, 0.15) is 0 Å². The van der Waals surface area contributed by atoms with Gasteiger partial charge in [0.25, 0.3) is 0 Å². The van der Waals surface area contributed by atoms with Crippen molar-refractivity contribution >= 4 is 5.91 Å². The van der Waals surface area contributed by atoms with Gasteiger partial charge in [0, 0.05) is 18.9 Å². The molecule has 0 spiro atoms. The zero-order chi connectivity index (χ0) is 16.8. The minimum atomic E-state index is 0.000367. The summed E-state index contributed by atoms with van der Waals surface area (Å²) in [6.45, 7) is 0.811. The monoisotopic (exact) mass is 337 g/mol. The van der Waals surface area contributed by atoms with Gasteiger partial charge in [-0.2, -0.15) is 4.98 Å². The summed E-state index contributed by atoms with van der Waals surface area (Å²) < 4.78 is 5.41. The first-order valence-electron chi connectivity index (χ1n) is 9.50. The van der Waals surface area contributed by atoms with Crippen LogP contribution in [0.1, 0.15) is 79.2 Å². The summed E-state index contributed by atoms with van der Waals surface area (Å²) in [5.41, 5.74) is 2.77. The van der Waals surface area contributed by atoms with Crippen LogP contribution >= 0.6 is 0 Å². The van der Waals surface area contributed by atoms with Crippen molar-refractivity contribution in [3.05, 3.63) is 47.1 Å². The highest BCUT2D eigenvalue weighted by atomic mass is 16.5. The van der Waals surface area contributed by atoms with Gasteiger partial charge in [0.2, 0.25) is 11.8 Å². The molecular weight excluding hydrogens is 314 g/mol. The van der Waals surface area contributed by atoms with E-state index >= 15 is 0 Å². The molecule has 5 heteroatoms. The Bertz CT molecular complexity index is 796. The van der Waals surface area contributed by atoms with Crippen LogP contribution < -0.4 is 0 Å². The standard InChI is InChI=1S/C20H23N3O2/c24-18(12-15-10-7-13-4-1-2-5-16(13)15)23-11-3-6-17(23)19-21-20(25-22-19)14-8-9-14/h1-2,4-5,14-15,17H,3,6-12H2/t15-,17+/m0/s1. The van der Waals surface area contributed by atoms with Crippen molar-refractivity contribution < 1.29 is 9.32 Å². The first kappa shape index (κ1) is 15.1. The molecule has 1 saturated carbocycles. The number of amides is 1. The lowest BCUT2D eigenvalue weighted by molar-refractivity contribution is -0.132. The maximum absolute atomic E-state index is 13.0. The average molecular weight is 337 g/mol. The topological polar surface area (TPSA) is 59.2 Å². The van der Waals surface area contributed by atoms with Crippen LogP contribution in [0.5, 0.6) is 0 Å². The lowest BCUT2D eigenvalue weighted by atomic mass is 9.97. The van der Waals surface area contributed by atoms with Crippen LogP contribution in [0.2, 0.25) is 0 Å². The fourth-order valence-electron chi connectivity index (χ4n) is 4.40. The molecule has 1 aromatic heterocycles. The summed E-state index contributed by atoms with van der Waals surface area (Å²) in [6, 6.07) is 8.55. The van der Waals surface area contributed by atoms with E-state index in [4.69, 9.17) is 4.52 Å². The molecule has 0 radical (unpaired) electrons. The molecule has 5 rings (SSSR count). The lowest BCUT2D eigenvalue weighted by Crippen LogP contribution is -2.32. The number of hydrogen-bond donors (Lipinski definition) is 0. The Kier molecular flexibility index (Phi) is 3.61. The second kappa shape index (κ2) is 5.97. The SMILES string of the molecule is O=C(C[C@@H]1CCc2ccccc21)N1CCC[C@@H]1c1noc(C2CC2)n1. The summed E-state index contributed by atoms with van der Waals surface area (Å²) in [5.74, 6) is 2.53. The van der Waals surface area contributed by atoms with Crippen molar-refractivity contribution in [2.45, 2.75) is 62.8 Å². The molecule has 1 amide bonds. The molecule has 25 heavy (non-hydrogen) atoms. The molecule has 0 N–H and O–H groups in total. The van der Waals surface area contributed by atoms with Crippen LogP contribution in [-0.4, -0.2) is 27.5 Å². The summed E-state index contributed by atoms with van der Waals surface area (Å²) >= 11 is 0. The smallest absolute Gasteiger partial charge is 0.229 e. The molecule has 5 nitrogen and oxygen atoms in total. The molecule has 2 aliphatic carbocycles. The van der Waals surface area contributed by atoms with Gasteiger partial charge >= 0.3 is 0 Å². The number of carbonyl (C=O) groups is 1. The molecule has 130 valence electrons. The molecule has 1 aliphatic heterocycles. The third kappa shape index (κ3) is 2.75. The summed E-state index contributed by atoms with van der Waals surface area (Å²) in [6.07, 6.45) is 7.03. The van der Waals surface area contributed by atoms with Crippen molar-refractivity contribution in [1.82, 2.24) is 15.0 Å². The van der Waals surface area contributed by atoms with Gasteiger partial charge in [-0.3, -0.25) is 4.79 Å². The quantitative estimate of drug-likeness (QED) is 0.853. The van der Waals surface area contributed by atoms with E-state index in [-0.39, 0.29) is 11.9 Å². The van der Waals surface area contributed by atoms with E-state index in [1.54, 1.807) is 0 Å². The van der Waals surface area contributed by atoms with Gasteiger partial charge in [0.05, 0.1) is 6.04 Å². The minimum Gasteiger partial charge on any atom is -0.339 e. The predicted octanol–water partition coefficient (Wildman–Crippen LogP) is 3.73. The Balaban J connectivity index is 1.31.